The zero-order valence-corrected chi connectivity index (χ0v) is 12.1. The van der Waals surface area contributed by atoms with Gasteiger partial charge in [-0.05, 0) is 49.5 Å². The van der Waals surface area contributed by atoms with Gasteiger partial charge in [-0.1, -0.05) is 30.3 Å². The Balaban J connectivity index is 1.54. The number of aromatic nitrogens is 1. The molecule has 3 N–H and O–H groups in total. The van der Waals surface area contributed by atoms with Crippen LogP contribution in [-0.4, -0.2) is 30.5 Å². The molecular formula is C17H21N3O. The molecule has 1 unspecified atom stereocenters. The molecule has 0 bridgehead atoms. The summed E-state index contributed by atoms with van der Waals surface area (Å²) < 4.78 is 0. The molecule has 1 aliphatic heterocycles. The van der Waals surface area contributed by atoms with Crippen molar-refractivity contribution < 1.29 is 4.79 Å². The maximum Gasteiger partial charge on any atom is 0.267 e. The van der Waals surface area contributed by atoms with E-state index < -0.39 is 0 Å². The summed E-state index contributed by atoms with van der Waals surface area (Å²) in [5.41, 5.74) is 2.69. The Morgan fingerprint density at radius 3 is 2.81 bits per heavy atom. The molecule has 2 heterocycles. The van der Waals surface area contributed by atoms with E-state index in [1.54, 1.807) is 0 Å². The molecule has 110 valence electrons. The van der Waals surface area contributed by atoms with Crippen molar-refractivity contribution in [1.82, 2.24) is 15.6 Å². The van der Waals surface area contributed by atoms with E-state index in [1.807, 2.05) is 42.5 Å². The highest BCUT2D eigenvalue weighted by atomic mass is 16.1. The van der Waals surface area contributed by atoms with Gasteiger partial charge in [0.25, 0.3) is 5.91 Å². The number of H-pyrrole nitrogens is 1. The van der Waals surface area contributed by atoms with Crippen LogP contribution >= 0.6 is 0 Å². The summed E-state index contributed by atoms with van der Waals surface area (Å²) in [6, 6.07) is 13.8. The topological polar surface area (TPSA) is 56.9 Å². The number of benzene rings is 1. The van der Waals surface area contributed by atoms with Crippen molar-refractivity contribution in [1.29, 1.82) is 0 Å². The van der Waals surface area contributed by atoms with E-state index in [-0.39, 0.29) is 5.91 Å². The standard InChI is InChI=1S/C17H21N3O/c21-17(19-11-9-13-8-10-18-12-13)16-7-6-15(20-16)14-4-2-1-3-5-14/h1-7,13,18,20H,8-12H2,(H,19,21). The van der Waals surface area contributed by atoms with E-state index in [1.165, 1.54) is 6.42 Å². The van der Waals surface area contributed by atoms with E-state index in [4.69, 9.17) is 0 Å². The molecule has 1 atom stereocenters. The van der Waals surface area contributed by atoms with Crippen molar-refractivity contribution in [3.63, 3.8) is 0 Å². The first-order chi connectivity index (χ1) is 10.3. The second kappa shape index (κ2) is 6.59. The van der Waals surface area contributed by atoms with Crippen LogP contribution in [-0.2, 0) is 0 Å². The maximum absolute atomic E-state index is 12.1. The van der Waals surface area contributed by atoms with Gasteiger partial charge in [-0.15, -0.1) is 0 Å². The fourth-order valence-electron chi connectivity index (χ4n) is 2.76. The van der Waals surface area contributed by atoms with Gasteiger partial charge in [0.05, 0.1) is 0 Å². The second-order valence-corrected chi connectivity index (χ2v) is 5.56. The molecule has 21 heavy (non-hydrogen) atoms. The number of amides is 1. The lowest BCUT2D eigenvalue weighted by Crippen LogP contribution is -2.26. The third-order valence-electron chi connectivity index (χ3n) is 4.02. The highest BCUT2D eigenvalue weighted by Crippen LogP contribution is 2.18. The molecule has 2 aromatic rings. The number of aromatic amines is 1. The number of carbonyl (C=O) groups excluding carboxylic acids is 1. The molecule has 4 heteroatoms. The van der Waals surface area contributed by atoms with Crippen LogP contribution in [0.15, 0.2) is 42.5 Å². The summed E-state index contributed by atoms with van der Waals surface area (Å²) in [6.45, 7) is 2.93. The van der Waals surface area contributed by atoms with Gasteiger partial charge in [-0.3, -0.25) is 4.79 Å². The van der Waals surface area contributed by atoms with Gasteiger partial charge in [-0.2, -0.15) is 0 Å². The van der Waals surface area contributed by atoms with Crippen LogP contribution in [0.4, 0.5) is 0 Å². The van der Waals surface area contributed by atoms with Crippen LogP contribution in [0.5, 0.6) is 0 Å². The van der Waals surface area contributed by atoms with Gasteiger partial charge in [0.15, 0.2) is 0 Å². The normalized spacial score (nSPS) is 17.8. The van der Waals surface area contributed by atoms with Crippen LogP contribution in [0.25, 0.3) is 11.3 Å². The molecule has 0 radical (unpaired) electrons. The summed E-state index contributed by atoms with van der Waals surface area (Å²) in [7, 11) is 0. The van der Waals surface area contributed by atoms with Crippen molar-refractivity contribution in [2.24, 2.45) is 5.92 Å². The van der Waals surface area contributed by atoms with Crippen molar-refractivity contribution in [3.05, 3.63) is 48.2 Å². The van der Waals surface area contributed by atoms with Gasteiger partial charge in [0.2, 0.25) is 0 Å². The second-order valence-electron chi connectivity index (χ2n) is 5.56. The largest absolute Gasteiger partial charge is 0.351 e. The minimum absolute atomic E-state index is 0.0249. The minimum Gasteiger partial charge on any atom is -0.351 e. The predicted octanol–water partition coefficient (Wildman–Crippen LogP) is 2.41. The first-order valence-electron chi connectivity index (χ1n) is 7.56. The number of nitrogens with one attached hydrogen (secondary N) is 3. The number of carbonyl (C=O) groups is 1. The lowest BCUT2D eigenvalue weighted by Gasteiger charge is -2.08. The van der Waals surface area contributed by atoms with Crippen molar-refractivity contribution in [2.75, 3.05) is 19.6 Å². The van der Waals surface area contributed by atoms with E-state index >= 15 is 0 Å². The lowest BCUT2D eigenvalue weighted by atomic mass is 10.1. The van der Waals surface area contributed by atoms with Crippen molar-refractivity contribution >= 4 is 5.91 Å². The smallest absolute Gasteiger partial charge is 0.267 e. The highest BCUT2D eigenvalue weighted by molar-refractivity contribution is 5.93. The average molecular weight is 283 g/mol. The Morgan fingerprint density at radius 1 is 1.19 bits per heavy atom. The molecule has 1 aromatic carbocycles. The third kappa shape index (κ3) is 3.52. The SMILES string of the molecule is O=C(NCCC1CCNC1)c1ccc(-c2ccccc2)[nH]1. The van der Waals surface area contributed by atoms with Crippen LogP contribution in [0.1, 0.15) is 23.3 Å². The number of rotatable bonds is 5. The molecule has 3 rings (SSSR count). The van der Waals surface area contributed by atoms with Crippen LogP contribution < -0.4 is 10.6 Å². The summed E-state index contributed by atoms with van der Waals surface area (Å²) in [5.74, 6) is 0.678. The molecule has 0 spiro atoms. The molecule has 0 aliphatic carbocycles. The Hall–Kier alpha value is -2.07. The van der Waals surface area contributed by atoms with Crippen LogP contribution in [0.2, 0.25) is 0 Å². The van der Waals surface area contributed by atoms with Crippen molar-refractivity contribution in [2.45, 2.75) is 12.8 Å². The Kier molecular flexibility index (Phi) is 4.36. The first-order valence-corrected chi connectivity index (χ1v) is 7.56. The monoisotopic (exact) mass is 283 g/mol. The molecular weight excluding hydrogens is 262 g/mol. The summed E-state index contributed by atoms with van der Waals surface area (Å²) in [5, 5.41) is 6.34. The van der Waals surface area contributed by atoms with Gasteiger partial charge in [0.1, 0.15) is 5.69 Å². The Morgan fingerprint density at radius 2 is 2.05 bits per heavy atom. The van der Waals surface area contributed by atoms with Gasteiger partial charge in [0, 0.05) is 12.2 Å². The molecule has 1 amide bonds. The van der Waals surface area contributed by atoms with Gasteiger partial charge >= 0.3 is 0 Å². The molecule has 4 nitrogen and oxygen atoms in total. The molecule has 1 saturated heterocycles. The summed E-state index contributed by atoms with van der Waals surface area (Å²) in [6.07, 6.45) is 2.27. The van der Waals surface area contributed by atoms with E-state index in [9.17, 15) is 4.79 Å². The highest BCUT2D eigenvalue weighted by Gasteiger charge is 2.15. The Bertz CT molecular complexity index is 585. The molecule has 1 fully saturated rings. The summed E-state index contributed by atoms with van der Waals surface area (Å²) in [4.78, 5) is 15.3. The number of hydrogen-bond donors (Lipinski definition) is 3. The predicted molar refractivity (Wildman–Crippen MR) is 84.2 cm³/mol. The van der Waals surface area contributed by atoms with E-state index in [0.29, 0.717) is 11.6 Å². The average Bonchev–Trinajstić information content (AvgIpc) is 3.20. The van der Waals surface area contributed by atoms with Crippen LogP contribution in [0.3, 0.4) is 0 Å². The molecule has 0 saturated carbocycles. The fourth-order valence-corrected chi connectivity index (χ4v) is 2.76. The maximum atomic E-state index is 12.1. The minimum atomic E-state index is -0.0249. The zero-order chi connectivity index (χ0) is 14.5. The van der Waals surface area contributed by atoms with Crippen molar-refractivity contribution in [3.8, 4) is 11.3 Å². The van der Waals surface area contributed by atoms with E-state index in [0.717, 1.165) is 37.3 Å². The fraction of sp³-hybridized carbons (Fsp3) is 0.353. The van der Waals surface area contributed by atoms with Crippen LogP contribution in [0, 0.1) is 5.92 Å². The lowest BCUT2D eigenvalue weighted by molar-refractivity contribution is 0.0947. The van der Waals surface area contributed by atoms with E-state index in [2.05, 4.69) is 15.6 Å². The Labute approximate surface area is 125 Å². The van der Waals surface area contributed by atoms with Gasteiger partial charge in [-0.25, -0.2) is 0 Å². The molecule has 1 aliphatic rings. The van der Waals surface area contributed by atoms with Gasteiger partial charge < -0.3 is 15.6 Å². The number of hydrogen-bond acceptors (Lipinski definition) is 2. The third-order valence-corrected chi connectivity index (χ3v) is 4.02. The molecule has 1 aromatic heterocycles. The summed E-state index contributed by atoms with van der Waals surface area (Å²) >= 11 is 0. The zero-order valence-electron chi connectivity index (χ0n) is 12.1. The quantitative estimate of drug-likeness (QED) is 0.789. The first kappa shape index (κ1) is 13.9.